The molecular weight excluding hydrogens is 500 g/mol. The maximum atomic E-state index is 13.6. The SMILES string of the molecule is CCOc1ccc(N(C)S(=O)(=O)C2=C(C(=O)Nc3cccc(C4=NNNCC=N4)c3)SCC2C)cc1. The summed E-state index contributed by atoms with van der Waals surface area (Å²) in [6, 6.07) is 13.9. The first kappa shape index (κ1) is 25.7. The molecule has 3 N–H and O–H groups in total. The Bertz CT molecular complexity index is 1320. The number of amidine groups is 1. The highest BCUT2D eigenvalue weighted by molar-refractivity contribution is 8.06. The monoisotopic (exact) mass is 528 g/mol. The Kier molecular flexibility index (Phi) is 7.97. The fourth-order valence-corrected chi connectivity index (χ4v) is 7.06. The van der Waals surface area contributed by atoms with Crippen LogP contribution in [0.5, 0.6) is 5.75 Å². The molecule has 0 bridgehead atoms. The van der Waals surface area contributed by atoms with Gasteiger partial charge in [-0.05, 0) is 43.3 Å². The van der Waals surface area contributed by atoms with E-state index >= 15 is 0 Å². The van der Waals surface area contributed by atoms with Gasteiger partial charge in [-0.2, -0.15) is 0 Å². The van der Waals surface area contributed by atoms with Crippen LogP contribution in [-0.4, -0.2) is 52.3 Å². The van der Waals surface area contributed by atoms with E-state index in [9.17, 15) is 13.2 Å². The quantitative estimate of drug-likeness (QED) is 0.481. The summed E-state index contributed by atoms with van der Waals surface area (Å²) in [4.78, 5) is 17.9. The van der Waals surface area contributed by atoms with E-state index in [-0.39, 0.29) is 15.7 Å². The Morgan fingerprint density at radius 2 is 2.03 bits per heavy atom. The van der Waals surface area contributed by atoms with Gasteiger partial charge in [0.2, 0.25) is 0 Å². The molecule has 0 saturated heterocycles. The zero-order chi connectivity index (χ0) is 25.7. The van der Waals surface area contributed by atoms with Gasteiger partial charge in [0.15, 0.2) is 5.84 Å². The van der Waals surface area contributed by atoms with Crippen molar-refractivity contribution >= 4 is 51.1 Å². The lowest BCUT2D eigenvalue weighted by molar-refractivity contribution is -0.112. The molecule has 0 radical (unpaired) electrons. The van der Waals surface area contributed by atoms with Crippen molar-refractivity contribution in [3.05, 3.63) is 63.9 Å². The van der Waals surface area contributed by atoms with Crippen molar-refractivity contribution in [1.82, 2.24) is 11.0 Å². The molecule has 0 fully saturated rings. The number of hydrazone groups is 1. The second-order valence-electron chi connectivity index (χ2n) is 8.08. The maximum absolute atomic E-state index is 13.6. The van der Waals surface area contributed by atoms with Crippen LogP contribution in [0.1, 0.15) is 19.4 Å². The van der Waals surface area contributed by atoms with Gasteiger partial charge in [0.1, 0.15) is 5.75 Å². The van der Waals surface area contributed by atoms with Crippen LogP contribution in [0.3, 0.4) is 0 Å². The molecule has 12 heteroatoms. The third-order valence-corrected chi connectivity index (χ3v) is 9.12. The topological polar surface area (TPSA) is 124 Å². The van der Waals surface area contributed by atoms with Crippen molar-refractivity contribution in [2.75, 3.05) is 35.6 Å². The molecule has 2 heterocycles. The first-order valence-corrected chi connectivity index (χ1v) is 13.8. The summed E-state index contributed by atoms with van der Waals surface area (Å²) in [6.07, 6.45) is 1.68. The Morgan fingerprint density at radius 1 is 1.25 bits per heavy atom. The van der Waals surface area contributed by atoms with Gasteiger partial charge < -0.3 is 10.1 Å². The minimum absolute atomic E-state index is 0.116. The normalized spacial score (nSPS) is 17.8. The molecule has 0 saturated carbocycles. The largest absolute Gasteiger partial charge is 0.494 e. The van der Waals surface area contributed by atoms with E-state index in [0.717, 1.165) is 0 Å². The zero-order valence-electron chi connectivity index (χ0n) is 20.2. The first-order chi connectivity index (χ1) is 17.3. The molecule has 1 unspecified atom stereocenters. The summed E-state index contributed by atoms with van der Waals surface area (Å²) in [6.45, 7) is 4.74. The molecule has 2 aromatic carbocycles. The molecule has 190 valence electrons. The second kappa shape index (κ2) is 11.1. The van der Waals surface area contributed by atoms with Gasteiger partial charge in [0.05, 0.1) is 28.6 Å². The highest BCUT2D eigenvalue weighted by Gasteiger charge is 2.38. The Hall–Kier alpha value is -3.35. The molecule has 1 atom stereocenters. The fourth-order valence-electron chi connectivity index (χ4n) is 3.74. The summed E-state index contributed by atoms with van der Waals surface area (Å²) in [5.74, 6) is 0.834. The van der Waals surface area contributed by atoms with E-state index in [0.29, 0.717) is 47.4 Å². The van der Waals surface area contributed by atoms with Gasteiger partial charge in [0, 0.05) is 36.2 Å². The number of carbonyl (C=O) groups excluding carboxylic acids is 1. The minimum atomic E-state index is -3.94. The van der Waals surface area contributed by atoms with Crippen LogP contribution in [0, 0.1) is 5.92 Å². The lowest BCUT2D eigenvalue weighted by atomic mass is 10.1. The highest BCUT2D eigenvalue weighted by Crippen LogP contribution is 2.41. The van der Waals surface area contributed by atoms with Gasteiger partial charge in [-0.15, -0.1) is 16.9 Å². The molecule has 36 heavy (non-hydrogen) atoms. The molecule has 10 nitrogen and oxygen atoms in total. The van der Waals surface area contributed by atoms with E-state index in [1.807, 2.05) is 19.9 Å². The number of rotatable bonds is 8. The van der Waals surface area contributed by atoms with E-state index < -0.39 is 15.9 Å². The summed E-state index contributed by atoms with van der Waals surface area (Å²) in [7, 11) is -2.46. The fraction of sp³-hybridized carbons (Fsp3) is 0.292. The highest BCUT2D eigenvalue weighted by atomic mass is 32.2. The van der Waals surface area contributed by atoms with Gasteiger partial charge in [-0.1, -0.05) is 19.1 Å². The summed E-state index contributed by atoms with van der Waals surface area (Å²) in [5, 5.41) is 6.99. The van der Waals surface area contributed by atoms with Gasteiger partial charge >= 0.3 is 0 Å². The number of thioether (sulfide) groups is 1. The molecule has 4 rings (SSSR count). The zero-order valence-corrected chi connectivity index (χ0v) is 21.8. The van der Waals surface area contributed by atoms with E-state index in [2.05, 4.69) is 26.4 Å². The van der Waals surface area contributed by atoms with E-state index in [1.54, 1.807) is 48.7 Å². The predicted molar refractivity (Wildman–Crippen MR) is 145 cm³/mol. The number of sulfonamides is 1. The standard InChI is InChI=1S/C24H28N6O4S2/c1-4-34-20-10-8-19(9-11-20)30(3)36(32,33)22-16(2)15-35-21(22)24(31)27-18-7-5-6-17(14-18)23-25-12-13-26-29-28-23/h5-12,14,16,26,29H,4,13,15H2,1-3H3,(H,27,31). The van der Waals surface area contributed by atoms with Crippen molar-refractivity contribution in [2.45, 2.75) is 13.8 Å². The molecular formula is C24H28N6O4S2. The molecule has 0 spiro atoms. The van der Waals surface area contributed by atoms with Crippen LogP contribution in [0.25, 0.3) is 0 Å². The number of carbonyl (C=O) groups is 1. The average molecular weight is 529 g/mol. The number of anilines is 2. The Balaban J connectivity index is 1.59. The van der Waals surface area contributed by atoms with Gasteiger partial charge in [-0.3, -0.25) is 9.10 Å². The van der Waals surface area contributed by atoms with E-state index in [4.69, 9.17) is 4.74 Å². The van der Waals surface area contributed by atoms with Crippen LogP contribution in [-0.2, 0) is 14.8 Å². The third kappa shape index (κ3) is 5.55. The molecule has 1 amide bonds. The predicted octanol–water partition coefficient (Wildman–Crippen LogP) is 2.92. The Labute approximate surface area is 214 Å². The van der Waals surface area contributed by atoms with Crippen LogP contribution in [0.15, 0.2) is 68.4 Å². The summed E-state index contributed by atoms with van der Waals surface area (Å²) in [5.41, 5.74) is 7.24. The number of hydrogen-bond acceptors (Lipinski definition) is 9. The van der Waals surface area contributed by atoms with Crippen molar-refractivity contribution in [3.8, 4) is 5.75 Å². The number of hydrogen-bond donors (Lipinski definition) is 3. The third-order valence-electron chi connectivity index (χ3n) is 5.53. The second-order valence-corrected chi connectivity index (χ2v) is 11.0. The van der Waals surface area contributed by atoms with Crippen molar-refractivity contribution < 1.29 is 17.9 Å². The van der Waals surface area contributed by atoms with Gasteiger partial charge in [-0.25, -0.2) is 24.4 Å². The Morgan fingerprint density at radius 3 is 2.78 bits per heavy atom. The lowest BCUT2D eigenvalue weighted by Crippen LogP contribution is -2.31. The van der Waals surface area contributed by atoms with Crippen LogP contribution < -0.4 is 25.3 Å². The lowest BCUT2D eigenvalue weighted by Gasteiger charge is -2.23. The maximum Gasteiger partial charge on any atom is 0.263 e. The molecule has 2 aliphatic rings. The summed E-state index contributed by atoms with van der Waals surface area (Å²) < 4.78 is 33.9. The van der Waals surface area contributed by atoms with Crippen LogP contribution >= 0.6 is 11.8 Å². The number of hydrazine groups is 1. The van der Waals surface area contributed by atoms with Crippen molar-refractivity contribution in [1.29, 1.82) is 0 Å². The number of ether oxygens (including phenoxy) is 1. The molecule has 2 aromatic rings. The van der Waals surface area contributed by atoms with Crippen molar-refractivity contribution in [2.24, 2.45) is 16.0 Å². The van der Waals surface area contributed by atoms with Gasteiger partial charge in [0.25, 0.3) is 15.9 Å². The average Bonchev–Trinajstić information content (AvgIpc) is 3.08. The number of aliphatic imine (C=N–C) groups is 1. The first-order valence-electron chi connectivity index (χ1n) is 11.4. The smallest absolute Gasteiger partial charge is 0.263 e. The molecule has 2 aliphatic heterocycles. The van der Waals surface area contributed by atoms with Crippen LogP contribution in [0.4, 0.5) is 11.4 Å². The number of amides is 1. The minimum Gasteiger partial charge on any atom is -0.494 e. The number of nitrogens with one attached hydrogen (secondary N) is 3. The van der Waals surface area contributed by atoms with Crippen molar-refractivity contribution in [3.63, 3.8) is 0 Å². The number of allylic oxidation sites excluding steroid dienone is 1. The van der Waals surface area contributed by atoms with Crippen LogP contribution in [0.2, 0.25) is 0 Å². The summed E-state index contributed by atoms with van der Waals surface area (Å²) >= 11 is 1.25. The van der Waals surface area contributed by atoms with E-state index in [1.165, 1.54) is 23.1 Å². The number of nitrogens with zero attached hydrogens (tertiary/aromatic N) is 3. The number of benzene rings is 2. The molecule has 0 aromatic heterocycles. The molecule has 0 aliphatic carbocycles.